The Kier molecular flexibility index (Phi) is 6.52. The van der Waals surface area contributed by atoms with E-state index in [-0.39, 0.29) is 0 Å². The van der Waals surface area contributed by atoms with E-state index in [2.05, 4.69) is 43.8 Å². The van der Waals surface area contributed by atoms with Crippen LogP contribution in [0.1, 0.15) is 16.7 Å². The molecule has 0 atom stereocenters. The largest absolute Gasteiger partial charge is 0.487 e. The number of nitrogens with zero attached hydrogens (tertiary/aromatic N) is 1. The predicted molar refractivity (Wildman–Crippen MR) is 116 cm³/mol. The SMILES string of the molecule is Cc1ccc(N=Cc2cc(Br)cc(Br)c2OCc2cccc(Cl)c2)cc1. The number of rotatable bonds is 5. The highest BCUT2D eigenvalue weighted by atomic mass is 79.9. The van der Waals surface area contributed by atoms with Crippen molar-refractivity contribution < 1.29 is 4.74 Å². The second-order valence-electron chi connectivity index (χ2n) is 5.82. The molecule has 0 aliphatic heterocycles. The molecular weight excluding hydrogens is 477 g/mol. The lowest BCUT2D eigenvalue weighted by atomic mass is 10.2. The van der Waals surface area contributed by atoms with E-state index < -0.39 is 0 Å². The first-order valence-electron chi connectivity index (χ1n) is 7.98. The fourth-order valence-corrected chi connectivity index (χ4v) is 3.97. The third kappa shape index (κ3) is 5.19. The lowest BCUT2D eigenvalue weighted by Crippen LogP contribution is -1.99. The van der Waals surface area contributed by atoms with Gasteiger partial charge in [0.15, 0.2) is 0 Å². The van der Waals surface area contributed by atoms with Crippen molar-refractivity contribution in [2.45, 2.75) is 13.5 Å². The number of ether oxygens (including phenoxy) is 1. The number of benzene rings is 3. The standard InChI is InChI=1S/C21H16Br2ClNO/c1-14-5-7-19(8-6-14)25-12-16-10-17(22)11-20(23)21(16)26-13-15-3-2-4-18(24)9-15/h2-12H,13H2,1H3. The number of halogens is 3. The zero-order chi connectivity index (χ0) is 18.5. The highest BCUT2D eigenvalue weighted by Gasteiger charge is 2.10. The van der Waals surface area contributed by atoms with Crippen LogP contribution in [0, 0.1) is 6.92 Å². The minimum atomic E-state index is 0.423. The molecule has 0 aliphatic rings. The van der Waals surface area contributed by atoms with Crippen molar-refractivity contribution in [3.8, 4) is 5.75 Å². The lowest BCUT2D eigenvalue weighted by molar-refractivity contribution is 0.304. The summed E-state index contributed by atoms with van der Waals surface area (Å²) in [6.45, 7) is 2.48. The van der Waals surface area contributed by atoms with Gasteiger partial charge in [-0.1, -0.05) is 57.4 Å². The second-order valence-corrected chi connectivity index (χ2v) is 8.02. The average Bonchev–Trinajstić information content (AvgIpc) is 2.60. The molecule has 0 saturated carbocycles. The van der Waals surface area contributed by atoms with Crippen molar-refractivity contribution in [3.05, 3.63) is 91.3 Å². The minimum Gasteiger partial charge on any atom is -0.487 e. The van der Waals surface area contributed by atoms with Gasteiger partial charge in [-0.25, -0.2) is 0 Å². The van der Waals surface area contributed by atoms with E-state index in [1.54, 1.807) is 0 Å². The quantitative estimate of drug-likeness (QED) is 0.337. The summed E-state index contributed by atoms with van der Waals surface area (Å²) in [6.07, 6.45) is 1.81. The summed E-state index contributed by atoms with van der Waals surface area (Å²) >= 11 is 13.1. The summed E-state index contributed by atoms with van der Waals surface area (Å²) in [5, 5.41) is 0.696. The summed E-state index contributed by atoms with van der Waals surface area (Å²) in [6, 6.07) is 19.6. The smallest absolute Gasteiger partial charge is 0.142 e. The molecule has 0 unspecified atom stereocenters. The van der Waals surface area contributed by atoms with E-state index in [0.717, 1.165) is 31.5 Å². The fourth-order valence-electron chi connectivity index (χ4n) is 2.39. The number of aliphatic imine (C=N–C) groups is 1. The van der Waals surface area contributed by atoms with Crippen LogP contribution < -0.4 is 4.74 Å². The van der Waals surface area contributed by atoms with Crippen molar-refractivity contribution >= 4 is 55.4 Å². The molecule has 0 heterocycles. The van der Waals surface area contributed by atoms with Crippen LogP contribution in [0.2, 0.25) is 5.02 Å². The van der Waals surface area contributed by atoms with Gasteiger partial charge in [-0.05, 0) is 64.8 Å². The van der Waals surface area contributed by atoms with Crippen LogP contribution in [0.15, 0.2) is 74.6 Å². The fraction of sp³-hybridized carbons (Fsp3) is 0.0952. The zero-order valence-corrected chi connectivity index (χ0v) is 18.0. The molecule has 0 radical (unpaired) electrons. The molecule has 0 N–H and O–H groups in total. The van der Waals surface area contributed by atoms with Crippen molar-refractivity contribution in [1.29, 1.82) is 0 Å². The second kappa shape index (κ2) is 8.85. The Balaban J connectivity index is 1.85. The highest BCUT2D eigenvalue weighted by molar-refractivity contribution is 9.11. The molecule has 0 fully saturated rings. The van der Waals surface area contributed by atoms with Crippen molar-refractivity contribution in [2.24, 2.45) is 4.99 Å². The van der Waals surface area contributed by atoms with Crippen LogP contribution in [0.3, 0.4) is 0 Å². The molecule has 26 heavy (non-hydrogen) atoms. The Hall–Kier alpha value is -1.62. The summed E-state index contributed by atoms with van der Waals surface area (Å²) in [5.74, 6) is 0.740. The minimum absolute atomic E-state index is 0.423. The Bertz CT molecular complexity index is 939. The van der Waals surface area contributed by atoms with Gasteiger partial charge in [0, 0.05) is 21.3 Å². The number of hydrogen-bond donors (Lipinski definition) is 0. The van der Waals surface area contributed by atoms with Crippen molar-refractivity contribution in [2.75, 3.05) is 0 Å². The molecule has 3 aromatic carbocycles. The molecule has 3 aromatic rings. The first kappa shape index (κ1) is 19.2. The molecule has 0 aliphatic carbocycles. The van der Waals surface area contributed by atoms with Gasteiger partial charge in [-0.15, -0.1) is 0 Å². The van der Waals surface area contributed by atoms with Gasteiger partial charge < -0.3 is 4.74 Å². The maximum Gasteiger partial charge on any atom is 0.142 e. The maximum atomic E-state index is 6.05. The molecule has 3 rings (SSSR count). The summed E-state index contributed by atoms with van der Waals surface area (Å²) in [4.78, 5) is 4.56. The summed E-state index contributed by atoms with van der Waals surface area (Å²) < 4.78 is 7.86. The Morgan fingerprint density at radius 2 is 1.81 bits per heavy atom. The lowest BCUT2D eigenvalue weighted by Gasteiger charge is -2.12. The van der Waals surface area contributed by atoms with Gasteiger partial charge in [0.05, 0.1) is 10.2 Å². The van der Waals surface area contributed by atoms with Crippen molar-refractivity contribution in [1.82, 2.24) is 0 Å². The topological polar surface area (TPSA) is 21.6 Å². The summed E-state index contributed by atoms with van der Waals surface area (Å²) in [7, 11) is 0. The molecular formula is C21H16Br2ClNO. The molecule has 132 valence electrons. The normalized spacial score (nSPS) is 11.1. The predicted octanol–water partition coefficient (Wildman–Crippen LogP) is 7.50. The van der Waals surface area contributed by atoms with Gasteiger partial charge in [0.1, 0.15) is 12.4 Å². The third-order valence-electron chi connectivity index (χ3n) is 3.70. The van der Waals surface area contributed by atoms with Gasteiger partial charge in [0.25, 0.3) is 0 Å². The zero-order valence-electron chi connectivity index (χ0n) is 14.0. The Labute approximate surface area is 175 Å². The van der Waals surface area contributed by atoms with Gasteiger partial charge in [0.2, 0.25) is 0 Å². The van der Waals surface area contributed by atoms with Crippen LogP contribution in [0.5, 0.6) is 5.75 Å². The van der Waals surface area contributed by atoms with E-state index >= 15 is 0 Å². The first-order valence-corrected chi connectivity index (χ1v) is 9.95. The maximum absolute atomic E-state index is 6.05. The van der Waals surface area contributed by atoms with Crippen LogP contribution in [-0.2, 0) is 6.61 Å². The van der Waals surface area contributed by atoms with E-state index in [9.17, 15) is 0 Å². The molecule has 0 spiro atoms. The summed E-state index contributed by atoms with van der Waals surface area (Å²) in [5.41, 5.74) is 4.00. The molecule has 0 aromatic heterocycles. The molecule has 0 bridgehead atoms. The van der Waals surface area contributed by atoms with Crippen molar-refractivity contribution in [3.63, 3.8) is 0 Å². The first-order chi connectivity index (χ1) is 12.5. The van der Waals surface area contributed by atoms with Crippen LogP contribution in [0.25, 0.3) is 0 Å². The average molecular weight is 494 g/mol. The van der Waals surface area contributed by atoms with Crippen LogP contribution in [0.4, 0.5) is 5.69 Å². The Morgan fingerprint density at radius 3 is 2.54 bits per heavy atom. The molecule has 2 nitrogen and oxygen atoms in total. The van der Waals surface area contributed by atoms with Gasteiger partial charge >= 0.3 is 0 Å². The van der Waals surface area contributed by atoms with E-state index in [4.69, 9.17) is 16.3 Å². The van der Waals surface area contributed by atoms with Gasteiger partial charge in [-0.2, -0.15) is 0 Å². The van der Waals surface area contributed by atoms with E-state index in [0.29, 0.717) is 11.6 Å². The molecule has 0 saturated heterocycles. The van der Waals surface area contributed by atoms with Crippen LogP contribution in [-0.4, -0.2) is 6.21 Å². The Morgan fingerprint density at radius 1 is 1.04 bits per heavy atom. The van der Waals surface area contributed by atoms with Crippen LogP contribution >= 0.6 is 43.5 Å². The number of aryl methyl sites for hydroxylation is 1. The molecule has 5 heteroatoms. The third-order valence-corrected chi connectivity index (χ3v) is 4.98. The van der Waals surface area contributed by atoms with Gasteiger partial charge in [-0.3, -0.25) is 4.99 Å². The van der Waals surface area contributed by atoms with E-state index in [1.165, 1.54) is 5.56 Å². The monoisotopic (exact) mass is 491 g/mol. The number of hydrogen-bond acceptors (Lipinski definition) is 2. The molecule has 0 amide bonds. The highest BCUT2D eigenvalue weighted by Crippen LogP contribution is 2.33. The van der Waals surface area contributed by atoms with E-state index in [1.807, 2.05) is 66.9 Å².